The van der Waals surface area contributed by atoms with Gasteiger partial charge in [0, 0.05) is 42.9 Å². The lowest BCUT2D eigenvalue weighted by molar-refractivity contribution is 0.241. The van der Waals surface area contributed by atoms with Gasteiger partial charge >= 0.3 is 0 Å². The fraction of sp³-hybridized carbons (Fsp3) is 0.217. The Hall–Kier alpha value is -3.38. The lowest BCUT2D eigenvalue weighted by atomic mass is 10.1. The molecule has 0 radical (unpaired) electrons. The number of hydrogen-bond donors (Lipinski definition) is 1. The monoisotopic (exact) mass is 386 g/mol. The van der Waals surface area contributed by atoms with Gasteiger partial charge in [0.1, 0.15) is 17.3 Å². The van der Waals surface area contributed by atoms with Crippen LogP contribution in [0.25, 0.3) is 11.5 Å². The number of aromatic nitrogens is 3. The number of aromatic amines is 1. The van der Waals surface area contributed by atoms with Crippen LogP contribution in [0.2, 0.25) is 0 Å². The minimum absolute atomic E-state index is 0.622. The summed E-state index contributed by atoms with van der Waals surface area (Å²) in [5.41, 5.74) is 4.39. The van der Waals surface area contributed by atoms with E-state index in [0.717, 1.165) is 54.6 Å². The van der Waals surface area contributed by atoms with Gasteiger partial charge in [0.2, 0.25) is 5.89 Å². The highest BCUT2D eigenvalue weighted by molar-refractivity contribution is 5.57. The summed E-state index contributed by atoms with van der Waals surface area (Å²) in [4.78, 5) is 7.15. The molecule has 2 aromatic carbocycles. The zero-order valence-electron chi connectivity index (χ0n) is 16.3. The van der Waals surface area contributed by atoms with Gasteiger partial charge in [-0.3, -0.25) is 10.00 Å². The fourth-order valence-corrected chi connectivity index (χ4v) is 3.64. The van der Waals surface area contributed by atoms with E-state index in [2.05, 4.69) is 15.1 Å². The average molecular weight is 386 g/mol. The van der Waals surface area contributed by atoms with Crippen LogP contribution in [0.3, 0.4) is 0 Å². The number of nitrogens with one attached hydrogen (secondary N) is 1. The lowest BCUT2D eigenvalue weighted by Gasteiger charge is -2.25. The Morgan fingerprint density at radius 3 is 2.86 bits per heavy atom. The molecule has 0 spiro atoms. The highest BCUT2D eigenvalue weighted by Crippen LogP contribution is 2.29. The van der Waals surface area contributed by atoms with Crippen molar-refractivity contribution in [3.8, 4) is 23.0 Å². The minimum atomic E-state index is 0.622. The van der Waals surface area contributed by atoms with E-state index in [1.54, 1.807) is 0 Å². The van der Waals surface area contributed by atoms with Gasteiger partial charge in [0.05, 0.1) is 11.9 Å². The predicted octanol–water partition coefficient (Wildman–Crippen LogP) is 4.72. The quantitative estimate of drug-likeness (QED) is 0.537. The van der Waals surface area contributed by atoms with Gasteiger partial charge in [-0.25, -0.2) is 4.98 Å². The van der Waals surface area contributed by atoms with Crippen LogP contribution in [0.1, 0.15) is 22.7 Å². The van der Waals surface area contributed by atoms with E-state index in [4.69, 9.17) is 14.1 Å². The number of ether oxygens (including phenoxy) is 1. The molecule has 6 heteroatoms. The first-order chi connectivity index (χ1) is 14.2. The number of aryl methyl sites for hydroxylation is 1. The van der Waals surface area contributed by atoms with E-state index in [9.17, 15) is 0 Å². The molecule has 0 amide bonds. The maximum absolute atomic E-state index is 5.99. The van der Waals surface area contributed by atoms with Crippen molar-refractivity contribution in [3.63, 3.8) is 0 Å². The summed E-state index contributed by atoms with van der Waals surface area (Å²) in [6, 6.07) is 17.6. The first kappa shape index (κ1) is 17.7. The Balaban J connectivity index is 1.33. The Kier molecular flexibility index (Phi) is 4.62. The third kappa shape index (κ3) is 3.79. The van der Waals surface area contributed by atoms with Crippen molar-refractivity contribution in [3.05, 3.63) is 83.5 Å². The van der Waals surface area contributed by atoms with Crippen molar-refractivity contribution in [2.75, 3.05) is 6.54 Å². The molecule has 0 atom stereocenters. The van der Waals surface area contributed by atoms with Crippen molar-refractivity contribution in [2.24, 2.45) is 0 Å². The number of nitrogens with zero attached hydrogens (tertiary/aromatic N) is 3. The van der Waals surface area contributed by atoms with Crippen LogP contribution in [0.5, 0.6) is 11.5 Å². The van der Waals surface area contributed by atoms with Crippen LogP contribution in [0.15, 0.2) is 65.2 Å². The van der Waals surface area contributed by atoms with E-state index in [-0.39, 0.29) is 0 Å². The summed E-state index contributed by atoms with van der Waals surface area (Å²) < 4.78 is 11.9. The van der Waals surface area contributed by atoms with Crippen molar-refractivity contribution < 1.29 is 9.15 Å². The van der Waals surface area contributed by atoms with E-state index in [0.29, 0.717) is 5.89 Å². The predicted molar refractivity (Wildman–Crippen MR) is 110 cm³/mol. The van der Waals surface area contributed by atoms with Crippen molar-refractivity contribution in [1.82, 2.24) is 20.1 Å². The summed E-state index contributed by atoms with van der Waals surface area (Å²) in [6.45, 7) is 4.61. The lowest BCUT2D eigenvalue weighted by Crippen LogP contribution is -2.30. The standard InChI is InChI=1S/C23H22N4O2/c1-16-22(15-27-11-10-21-18(14-27)13-24-26-21)25-23(28-16)17-6-5-9-20(12-17)29-19-7-3-2-4-8-19/h2-9,12-13H,10-11,14-15H2,1H3,(H,24,26). The Morgan fingerprint density at radius 1 is 1.10 bits per heavy atom. The van der Waals surface area contributed by atoms with Crippen LogP contribution in [-0.4, -0.2) is 26.6 Å². The number of H-pyrrole nitrogens is 1. The smallest absolute Gasteiger partial charge is 0.226 e. The van der Waals surface area contributed by atoms with E-state index >= 15 is 0 Å². The normalized spacial score (nSPS) is 14.0. The molecule has 1 aliphatic heterocycles. The number of rotatable bonds is 5. The SMILES string of the molecule is Cc1oc(-c2cccc(Oc3ccccc3)c2)nc1CN1CCc2[nH]ncc2C1. The van der Waals surface area contributed by atoms with Crippen LogP contribution < -0.4 is 4.74 Å². The first-order valence-corrected chi connectivity index (χ1v) is 9.78. The van der Waals surface area contributed by atoms with Crippen LogP contribution in [0.4, 0.5) is 0 Å². The van der Waals surface area contributed by atoms with Crippen molar-refractivity contribution in [1.29, 1.82) is 0 Å². The minimum Gasteiger partial charge on any atom is -0.457 e. The fourth-order valence-electron chi connectivity index (χ4n) is 3.64. The third-order valence-electron chi connectivity index (χ3n) is 5.21. The highest BCUT2D eigenvalue weighted by atomic mass is 16.5. The summed E-state index contributed by atoms with van der Waals surface area (Å²) in [7, 11) is 0. The highest BCUT2D eigenvalue weighted by Gasteiger charge is 2.21. The number of benzene rings is 2. The second-order valence-electron chi connectivity index (χ2n) is 7.30. The molecule has 5 rings (SSSR count). The second kappa shape index (κ2) is 7.56. The molecule has 6 nitrogen and oxygen atoms in total. The molecule has 4 aromatic rings. The Morgan fingerprint density at radius 2 is 1.97 bits per heavy atom. The third-order valence-corrected chi connectivity index (χ3v) is 5.21. The van der Waals surface area contributed by atoms with Gasteiger partial charge in [-0.05, 0) is 37.3 Å². The van der Waals surface area contributed by atoms with Crippen LogP contribution in [-0.2, 0) is 19.5 Å². The number of hydrogen-bond acceptors (Lipinski definition) is 5. The van der Waals surface area contributed by atoms with Gasteiger partial charge in [0.25, 0.3) is 0 Å². The molecular formula is C23H22N4O2. The number of para-hydroxylation sites is 1. The average Bonchev–Trinajstić information content (AvgIpc) is 3.35. The summed E-state index contributed by atoms with van der Waals surface area (Å²) in [6.07, 6.45) is 2.90. The maximum atomic E-state index is 5.99. The van der Waals surface area contributed by atoms with Crippen molar-refractivity contribution in [2.45, 2.75) is 26.4 Å². The molecule has 146 valence electrons. The van der Waals surface area contributed by atoms with Gasteiger partial charge < -0.3 is 9.15 Å². The van der Waals surface area contributed by atoms with Crippen LogP contribution >= 0.6 is 0 Å². The zero-order valence-corrected chi connectivity index (χ0v) is 16.3. The van der Waals surface area contributed by atoms with Crippen molar-refractivity contribution >= 4 is 0 Å². The molecule has 0 aliphatic carbocycles. The molecule has 29 heavy (non-hydrogen) atoms. The molecule has 3 heterocycles. The van der Waals surface area contributed by atoms with Gasteiger partial charge in [-0.2, -0.15) is 5.10 Å². The summed E-state index contributed by atoms with van der Waals surface area (Å²) >= 11 is 0. The molecule has 1 N–H and O–H groups in total. The van der Waals surface area contributed by atoms with E-state index in [1.807, 2.05) is 67.7 Å². The maximum Gasteiger partial charge on any atom is 0.226 e. The first-order valence-electron chi connectivity index (χ1n) is 9.78. The zero-order chi connectivity index (χ0) is 19.6. The number of oxazole rings is 1. The van der Waals surface area contributed by atoms with Gasteiger partial charge in [-0.1, -0.05) is 24.3 Å². The molecular weight excluding hydrogens is 364 g/mol. The molecule has 0 fully saturated rings. The summed E-state index contributed by atoms with van der Waals surface area (Å²) in [5, 5.41) is 7.23. The molecule has 0 saturated heterocycles. The molecule has 1 aliphatic rings. The number of fused-ring (bicyclic) bond motifs is 1. The molecule has 0 saturated carbocycles. The topological polar surface area (TPSA) is 67.2 Å². The van der Waals surface area contributed by atoms with E-state index < -0.39 is 0 Å². The summed E-state index contributed by atoms with van der Waals surface area (Å²) in [5.74, 6) is 3.04. The van der Waals surface area contributed by atoms with Gasteiger partial charge in [-0.15, -0.1) is 0 Å². The Bertz CT molecular complexity index is 1120. The van der Waals surface area contributed by atoms with Gasteiger partial charge in [0.15, 0.2) is 0 Å². The molecule has 2 aromatic heterocycles. The van der Waals surface area contributed by atoms with Crippen LogP contribution in [0, 0.1) is 6.92 Å². The second-order valence-corrected chi connectivity index (χ2v) is 7.30. The molecule has 0 bridgehead atoms. The Labute approximate surface area is 169 Å². The largest absolute Gasteiger partial charge is 0.457 e. The molecule has 0 unspecified atom stereocenters. The van der Waals surface area contributed by atoms with E-state index in [1.165, 1.54) is 11.3 Å².